The van der Waals surface area contributed by atoms with Gasteiger partial charge in [-0.25, -0.2) is 0 Å². The molecule has 0 radical (unpaired) electrons. The van der Waals surface area contributed by atoms with Crippen LogP contribution in [0.3, 0.4) is 0 Å². The van der Waals surface area contributed by atoms with Crippen LogP contribution in [0.25, 0.3) is 0 Å². The number of hydrogen-bond acceptors (Lipinski definition) is 3. The Morgan fingerprint density at radius 3 is 2.16 bits per heavy atom. The summed E-state index contributed by atoms with van der Waals surface area (Å²) in [5, 5.41) is 9.38. The van der Waals surface area contributed by atoms with E-state index < -0.39 is 0 Å². The Morgan fingerprint density at radius 1 is 1.05 bits per heavy atom. The molecular weight excluding hydrogens is 238 g/mol. The summed E-state index contributed by atoms with van der Waals surface area (Å²) in [6.07, 6.45) is 5.44. The van der Waals surface area contributed by atoms with Crippen molar-refractivity contribution in [3.05, 3.63) is 24.3 Å². The molecule has 1 aliphatic rings. The molecule has 0 unspecified atom stereocenters. The Bertz CT molecular complexity index is 427. The number of ether oxygens (including phenoxy) is 2. The van der Waals surface area contributed by atoms with E-state index in [2.05, 4.69) is 6.07 Å². The van der Waals surface area contributed by atoms with Gasteiger partial charge in [-0.1, -0.05) is 19.3 Å². The average Bonchev–Trinajstić information content (AvgIpc) is 2.48. The van der Waals surface area contributed by atoms with Crippen molar-refractivity contribution in [3.63, 3.8) is 0 Å². The van der Waals surface area contributed by atoms with Crippen molar-refractivity contribution in [2.24, 2.45) is 5.41 Å². The van der Waals surface area contributed by atoms with Crippen LogP contribution in [-0.2, 0) is 0 Å². The van der Waals surface area contributed by atoms with Crippen molar-refractivity contribution in [3.8, 4) is 17.6 Å². The molecule has 19 heavy (non-hydrogen) atoms. The van der Waals surface area contributed by atoms with Crippen molar-refractivity contribution < 1.29 is 9.47 Å². The van der Waals surface area contributed by atoms with Gasteiger partial charge < -0.3 is 9.47 Å². The van der Waals surface area contributed by atoms with Gasteiger partial charge in [-0.3, -0.25) is 0 Å². The van der Waals surface area contributed by atoms with E-state index in [0.717, 1.165) is 37.2 Å². The second-order valence-corrected chi connectivity index (χ2v) is 5.15. The second-order valence-electron chi connectivity index (χ2n) is 5.15. The molecule has 0 atom stereocenters. The third-order valence-electron chi connectivity index (χ3n) is 3.70. The molecule has 0 aliphatic heterocycles. The minimum absolute atomic E-state index is 0.281. The number of nitrogens with zero attached hydrogens (tertiary/aromatic N) is 1. The summed E-state index contributed by atoms with van der Waals surface area (Å²) in [6, 6.07) is 10.1. The minimum atomic E-state index is -0.281. The maximum Gasteiger partial charge on any atom is 0.119 e. The van der Waals surface area contributed by atoms with E-state index in [4.69, 9.17) is 9.47 Å². The van der Waals surface area contributed by atoms with Crippen molar-refractivity contribution >= 4 is 0 Å². The highest BCUT2D eigenvalue weighted by Crippen LogP contribution is 2.36. The van der Waals surface area contributed by atoms with Crippen LogP contribution in [0.2, 0.25) is 0 Å². The molecule has 0 heterocycles. The quantitative estimate of drug-likeness (QED) is 0.804. The summed E-state index contributed by atoms with van der Waals surface area (Å²) in [7, 11) is 0. The first-order valence-corrected chi connectivity index (χ1v) is 7.05. The molecule has 0 saturated heterocycles. The fourth-order valence-electron chi connectivity index (χ4n) is 2.54. The van der Waals surface area contributed by atoms with Crippen molar-refractivity contribution in [2.75, 3.05) is 13.2 Å². The third-order valence-corrected chi connectivity index (χ3v) is 3.70. The Balaban J connectivity index is 1.92. The van der Waals surface area contributed by atoms with Crippen LogP contribution in [0.5, 0.6) is 11.5 Å². The number of rotatable bonds is 5. The van der Waals surface area contributed by atoms with E-state index in [9.17, 15) is 5.26 Å². The van der Waals surface area contributed by atoms with Crippen LogP contribution in [0.15, 0.2) is 24.3 Å². The predicted molar refractivity (Wildman–Crippen MR) is 74.2 cm³/mol. The van der Waals surface area contributed by atoms with E-state index in [1.807, 2.05) is 31.2 Å². The topological polar surface area (TPSA) is 42.2 Å². The molecule has 102 valence electrons. The maximum atomic E-state index is 9.38. The summed E-state index contributed by atoms with van der Waals surface area (Å²) < 4.78 is 11.2. The Hall–Kier alpha value is -1.69. The molecule has 0 N–H and O–H groups in total. The molecule has 2 rings (SSSR count). The first-order chi connectivity index (χ1) is 9.28. The first-order valence-electron chi connectivity index (χ1n) is 7.05. The van der Waals surface area contributed by atoms with E-state index in [1.54, 1.807) is 0 Å². The Kier molecular flexibility index (Phi) is 4.68. The molecule has 0 bridgehead atoms. The lowest BCUT2D eigenvalue weighted by Crippen LogP contribution is -2.29. The van der Waals surface area contributed by atoms with Crippen molar-refractivity contribution in [2.45, 2.75) is 39.0 Å². The van der Waals surface area contributed by atoms with Crippen LogP contribution in [0.4, 0.5) is 0 Å². The number of hydrogen-bond donors (Lipinski definition) is 0. The van der Waals surface area contributed by atoms with Crippen molar-refractivity contribution in [1.82, 2.24) is 0 Å². The van der Waals surface area contributed by atoms with Crippen LogP contribution >= 0.6 is 0 Å². The van der Waals surface area contributed by atoms with Gasteiger partial charge >= 0.3 is 0 Å². The third kappa shape index (κ3) is 3.64. The molecule has 3 nitrogen and oxygen atoms in total. The zero-order valence-electron chi connectivity index (χ0n) is 11.5. The molecule has 0 amide bonds. The molecule has 1 fully saturated rings. The first kappa shape index (κ1) is 13.7. The van der Waals surface area contributed by atoms with Crippen LogP contribution in [0, 0.1) is 16.7 Å². The van der Waals surface area contributed by atoms with Crippen LogP contribution in [-0.4, -0.2) is 13.2 Å². The smallest absolute Gasteiger partial charge is 0.119 e. The van der Waals surface area contributed by atoms with Gasteiger partial charge in [0.1, 0.15) is 18.1 Å². The van der Waals surface area contributed by atoms with Gasteiger partial charge in [-0.2, -0.15) is 5.26 Å². The molecule has 1 saturated carbocycles. The molecule has 0 aromatic heterocycles. The Morgan fingerprint density at radius 2 is 1.63 bits per heavy atom. The van der Waals surface area contributed by atoms with E-state index in [1.165, 1.54) is 6.42 Å². The van der Waals surface area contributed by atoms with Crippen LogP contribution < -0.4 is 9.47 Å². The molecule has 1 aromatic carbocycles. The molecule has 0 spiro atoms. The minimum Gasteiger partial charge on any atom is -0.494 e. The van der Waals surface area contributed by atoms with Gasteiger partial charge in [0, 0.05) is 0 Å². The lowest BCUT2D eigenvalue weighted by atomic mass is 9.76. The fraction of sp³-hybridized carbons (Fsp3) is 0.562. The van der Waals surface area contributed by atoms with E-state index in [-0.39, 0.29) is 5.41 Å². The summed E-state index contributed by atoms with van der Waals surface area (Å²) in [5.74, 6) is 1.66. The predicted octanol–water partition coefficient (Wildman–Crippen LogP) is 3.94. The summed E-state index contributed by atoms with van der Waals surface area (Å²) in [4.78, 5) is 0. The van der Waals surface area contributed by atoms with Gasteiger partial charge in [0.25, 0.3) is 0 Å². The fourth-order valence-corrected chi connectivity index (χ4v) is 2.54. The van der Waals surface area contributed by atoms with Gasteiger partial charge in [0.15, 0.2) is 0 Å². The van der Waals surface area contributed by atoms with Gasteiger partial charge in [0.05, 0.1) is 18.1 Å². The van der Waals surface area contributed by atoms with Gasteiger partial charge in [-0.05, 0) is 44.0 Å². The van der Waals surface area contributed by atoms with E-state index in [0.29, 0.717) is 13.2 Å². The normalized spacial score (nSPS) is 17.5. The number of benzene rings is 1. The van der Waals surface area contributed by atoms with Gasteiger partial charge in [-0.15, -0.1) is 0 Å². The molecule has 3 heteroatoms. The van der Waals surface area contributed by atoms with Crippen molar-refractivity contribution in [1.29, 1.82) is 5.26 Å². The monoisotopic (exact) mass is 259 g/mol. The SMILES string of the molecule is CCOc1ccc(OCC2(C#N)CCCCC2)cc1. The maximum absolute atomic E-state index is 9.38. The zero-order valence-corrected chi connectivity index (χ0v) is 11.5. The number of nitriles is 1. The van der Waals surface area contributed by atoms with Gasteiger partial charge in [0.2, 0.25) is 0 Å². The van der Waals surface area contributed by atoms with Crippen LogP contribution in [0.1, 0.15) is 39.0 Å². The summed E-state index contributed by atoms with van der Waals surface area (Å²) in [6.45, 7) is 3.12. The highest BCUT2D eigenvalue weighted by atomic mass is 16.5. The second kappa shape index (κ2) is 6.47. The Labute approximate surface area is 115 Å². The lowest BCUT2D eigenvalue weighted by molar-refractivity contribution is 0.150. The lowest BCUT2D eigenvalue weighted by Gasteiger charge is -2.30. The van der Waals surface area contributed by atoms with E-state index >= 15 is 0 Å². The highest BCUT2D eigenvalue weighted by Gasteiger charge is 2.32. The standard InChI is InChI=1S/C16H21NO2/c1-2-18-14-6-8-15(9-7-14)19-13-16(12-17)10-4-3-5-11-16/h6-9H,2-5,10-11,13H2,1H3. The summed E-state index contributed by atoms with van der Waals surface area (Å²) >= 11 is 0. The largest absolute Gasteiger partial charge is 0.494 e. The summed E-state index contributed by atoms with van der Waals surface area (Å²) in [5.41, 5.74) is -0.281. The highest BCUT2D eigenvalue weighted by molar-refractivity contribution is 5.31. The molecular formula is C16H21NO2. The zero-order chi connectivity index (χ0) is 13.6. The average molecular weight is 259 g/mol. The molecule has 1 aliphatic carbocycles. The molecule has 1 aromatic rings.